The van der Waals surface area contributed by atoms with Crippen molar-refractivity contribution in [3.8, 4) is 5.75 Å². The lowest BCUT2D eigenvalue weighted by Gasteiger charge is -2.31. The van der Waals surface area contributed by atoms with Crippen LogP contribution in [0.25, 0.3) is 0 Å². The van der Waals surface area contributed by atoms with Crippen molar-refractivity contribution >= 4 is 35.4 Å². The third-order valence-electron chi connectivity index (χ3n) is 5.86. The van der Waals surface area contributed by atoms with E-state index >= 15 is 0 Å². The molecule has 0 unspecified atom stereocenters. The SMILES string of the molecule is CC(C)[C@H](NC(=O)CCC(=O)O)C(=O)N1CCC[C@H]1C(=O)N[C@@H](CC(=O)O)C(=O)COc1ccccc1. The summed E-state index contributed by atoms with van der Waals surface area (Å²) in [5.41, 5.74) is 0. The summed E-state index contributed by atoms with van der Waals surface area (Å²) in [4.78, 5) is 74.6. The Balaban J connectivity index is 2.07. The molecule has 2 rings (SSSR count). The molecule has 3 atom stereocenters. The number of para-hydroxylation sites is 1. The summed E-state index contributed by atoms with van der Waals surface area (Å²) in [6.45, 7) is 3.20. The zero-order valence-electron chi connectivity index (χ0n) is 20.8. The van der Waals surface area contributed by atoms with Crippen LogP contribution in [0.15, 0.2) is 30.3 Å². The number of nitrogens with one attached hydrogen (secondary N) is 2. The number of ketones is 1. The molecule has 0 radical (unpaired) electrons. The highest BCUT2D eigenvalue weighted by Crippen LogP contribution is 2.21. The number of Topliss-reactive ketones (excluding diaryl/α,β-unsaturated/α-hetero) is 1. The Morgan fingerprint density at radius 3 is 2.27 bits per heavy atom. The van der Waals surface area contributed by atoms with Gasteiger partial charge >= 0.3 is 11.9 Å². The minimum absolute atomic E-state index is 0.236. The molecule has 202 valence electrons. The Labute approximate surface area is 214 Å². The van der Waals surface area contributed by atoms with Crippen molar-refractivity contribution in [3.05, 3.63) is 30.3 Å². The zero-order chi connectivity index (χ0) is 27.5. The maximum absolute atomic E-state index is 13.3. The van der Waals surface area contributed by atoms with Gasteiger partial charge in [0.1, 0.15) is 30.5 Å². The molecular formula is C25H33N3O9. The second kappa shape index (κ2) is 14.0. The van der Waals surface area contributed by atoms with Gasteiger partial charge in [0.05, 0.1) is 12.8 Å². The van der Waals surface area contributed by atoms with E-state index in [1.54, 1.807) is 44.2 Å². The van der Waals surface area contributed by atoms with E-state index in [4.69, 9.17) is 9.84 Å². The molecular weight excluding hydrogens is 486 g/mol. The number of hydrogen-bond acceptors (Lipinski definition) is 7. The molecule has 1 aromatic rings. The van der Waals surface area contributed by atoms with Crippen LogP contribution >= 0.6 is 0 Å². The number of carbonyl (C=O) groups is 6. The Hall–Kier alpha value is -3.96. The molecule has 12 nitrogen and oxygen atoms in total. The largest absolute Gasteiger partial charge is 0.486 e. The molecule has 1 aliphatic rings. The smallest absolute Gasteiger partial charge is 0.305 e. The Morgan fingerprint density at radius 2 is 1.68 bits per heavy atom. The van der Waals surface area contributed by atoms with Gasteiger partial charge in [-0.3, -0.25) is 28.8 Å². The lowest BCUT2D eigenvalue weighted by Crippen LogP contribution is -2.57. The quantitative estimate of drug-likeness (QED) is 0.274. The molecule has 0 aromatic heterocycles. The normalized spacial score (nSPS) is 16.5. The van der Waals surface area contributed by atoms with Crippen molar-refractivity contribution in [1.29, 1.82) is 0 Å². The first kappa shape index (κ1) is 29.3. The van der Waals surface area contributed by atoms with Crippen molar-refractivity contribution in [2.45, 2.75) is 64.1 Å². The summed E-state index contributed by atoms with van der Waals surface area (Å²) >= 11 is 0. The monoisotopic (exact) mass is 519 g/mol. The lowest BCUT2D eigenvalue weighted by molar-refractivity contribution is -0.144. The van der Waals surface area contributed by atoms with Gasteiger partial charge in [-0.25, -0.2) is 0 Å². The standard InChI is InChI=1S/C25H33N3O9/c1-15(2)23(27-20(30)10-11-21(31)32)25(36)28-12-6-9-18(28)24(35)26-17(13-22(33)34)19(29)14-37-16-7-4-3-5-8-16/h3-5,7-8,15,17-18,23H,6,9-14H2,1-2H3,(H,26,35)(H,27,30)(H,31,32)(H,33,34)/t17-,18-,23-/m0/s1. The van der Waals surface area contributed by atoms with Gasteiger partial charge in [-0.05, 0) is 30.9 Å². The topological polar surface area (TPSA) is 179 Å². The third-order valence-corrected chi connectivity index (χ3v) is 5.86. The molecule has 0 aliphatic carbocycles. The fourth-order valence-corrected chi connectivity index (χ4v) is 3.92. The van der Waals surface area contributed by atoms with E-state index in [0.717, 1.165) is 0 Å². The van der Waals surface area contributed by atoms with Crippen LogP contribution in [-0.4, -0.2) is 81.8 Å². The van der Waals surface area contributed by atoms with Crippen LogP contribution in [0.4, 0.5) is 0 Å². The van der Waals surface area contributed by atoms with Crippen molar-refractivity contribution in [1.82, 2.24) is 15.5 Å². The average Bonchev–Trinajstić information content (AvgIpc) is 3.34. The van der Waals surface area contributed by atoms with E-state index in [0.29, 0.717) is 18.6 Å². The van der Waals surface area contributed by atoms with Crippen LogP contribution < -0.4 is 15.4 Å². The molecule has 37 heavy (non-hydrogen) atoms. The molecule has 0 saturated carbocycles. The Kier molecular flexibility index (Phi) is 11.0. The van der Waals surface area contributed by atoms with Crippen molar-refractivity contribution in [3.63, 3.8) is 0 Å². The number of benzene rings is 1. The lowest BCUT2D eigenvalue weighted by atomic mass is 10.0. The summed E-state index contributed by atoms with van der Waals surface area (Å²) < 4.78 is 5.39. The number of carboxylic acids is 2. The minimum Gasteiger partial charge on any atom is -0.486 e. The number of carbonyl (C=O) groups excluding carboxylic acids is 4. The van der Waals surface area contributed by atoms with Crippen LogP contribution in [0.2, 0.25) is 0 Å². The summed E-state index contributed by atoms with van der Waals surface area (Å²) in [6.07, 6.45) is -0.538. The van der Waals surface area contributed by atoms with Gasteiger partial charge in [-0.15, -0.1) is 0 Å². The number of amides is 3. The van der Waals surface area contributed by atoms with Gasteiger partial charge in [0.15, 0.2) is 5.78 Å². The van der Waals surface area contributed by atoms with E-state index in [1.165, 1.54) is 4.90 Å². The second-order valence-electron chi connectivity index (χ2n) is 9.10. The maximum Gasteiger partial charge on any atom is 0.305 e. The summed E-state index contributed by atoms with van der Waals surface area (Å²) in [6, 6.07) is 5.15. The van der Waals surface area contributed by atoms with Gasteiger partial charge in [0.2, 0.25) is 17.7 Å². The number of carboxylic acid groups (broad SMARTS) is 2. The van der Waals surface area contributed by atoms with Crippen LogP contribution in [0.3, 0.4) is 0 Å². The van der Waals surface area contributed by atoms with Crippen molar-refractivity contribution < 1.29 is 43.7 Å². The first-order valence-electron chi connectivity index (χ1n) is 12.0. The van der Waals surface area contributed by atoms with Crippen LogP contribution in [0.1, 0.15) is 46.0 Å². The minimum atomic E-state index is -1.36. The van der Waals surface area contributed by atoms with Gasteiger partial charge in [0.25, 0.3) is 0 Å². The number of likely N-dealkylation sites (tertiary alicyclic amines) is 1. The molecule has 0 bridgehead atoms. The molecule has 1 fully saturated rings. The van der Waals surface area contributed by atoms with Gasteiger partial charge in [-0.2, -0.15) is 0 Å². The molecule has 0 spiro atoms. The van der Waals surface area contributed by atoms with Gasteiger partial charge < -0.3 is 30.5 Å². The highest BCUT2D eigenvalue weighted by atomic mass is 16.5. The molecule has 3 amide bonds. The number of nitrogens with zero attached hydrogens (tertiary/aromatic N) is 1. The molecule has 1 saturated heterocycles. The van der Waals surface area contributed by atoms with E-state index in [9.17, 15) is 33.9 Å². The molecule has 4 N–H and O–H groups in total. The molecule has 1 aliphatic heterocycles. The Bertz CT molecular complexity index is 996. The fraction of sp³-hybridized carbons (Fsp3) is 0.520. The highest BCUT2D eigenvalue weighted by Gasteiger charge is 2.39. The number of ether oxygens (including phenoxy) is 1. The highest BCUT2D eigenvalue weighted by molar-refractivity contribution is 5.96. The summed E-state index contributed by atoms with van der Waals surface area (Å²) in [7, 11) is 0. The van der Waals surface area contributed by atoms with Crippen LogP contribution in [-0.2, 0) is 28.8 Å². The third kappa shape index (κ3) is 9.21. The first-order valence-corrected chi connectivity index (χ1v) is 12.0. The van der Waals surface area contributed by atoms with E-state index < -0.39 is 66.6 Å². The van der Waals surface area contributed by atoms with Gasteiger partial charge in [0, 0.05) is 13.0 Å². The number of hydrogen-bond donors (Lipinski definition) is 4. The van der Waals surface area contributed by atoms with Crippen molar-refractivity contribution in [2.75, 3.05) is 13.2 Å². The zero-order valence-corrected chi connectivity index (χ0v) is 20.8. The number of aliphatic carboxylic acids is 2. The van der Waals surface area contributed by atoms with E-state index in [1.807, 2.05) is 0 Å². The predicted molar refractivity (Wildman–Crippen MR) is 130 cm³/mol. The average molecular weight is 520 g/mol. The first-order chi connectivity index (χ1) is 17.5. The van der Waals surface area contributed by atoms with Gasteiger partial charge in [-0.1, -0.05) is 32.0 Å². The molecule has 1 aromatic carbocycles. The van der Waals surface area contributed by atoms with Crippen molar-refractivity contribution in [2.24, 2.45) is 5.92 Å². The predicted octanol–water partition coefficient (Wildman–Crippen LogP) is 0.591. The molecule has 12 heteroatoms. The summed E-state index contributed by atoms with van der Waals surface area (Å²) in [5.74, 6) is -4.78. The fourth-order valence-electron chi connectivity index (χ4n) is 3.92. The number of rotatable bonds is 14. The second-order valence-corrected chi connectivity index (χ2v) is 9.10. The maximum atomic E-state index is 13.3. The molecule has 1 heterocycles. The van der Waals surface area contributed by atoms with Crippen LogP contribution in [0.5, 0.6) is 5.75 Å². The Morgan fingerprint density at radius 1 is 1.00 bits per heavy atom. The summed E-state index contributed by atoms with van der Waals surface area (Å²) in [5, 5.41) is 23.0. The van der Waals surface area contributed by atoms with Crippen LogP contribution in [0, 0.1) is 5.92 Å². The van der Waals surface area contributed by atoms with E-state index in [2.05, 4.69) is 10.6 Å². The van der Waals surface area contributed by atoms with E-state index in [-0.39, 0.29) is 25.3 Å².